The minimum absolute atomic E-state index is 0.515. The molecule has 0 radical (unpaired) electrons. The number of aryl methyl sites for hydroxylation is 1. The Morgan fingerprint density at radius 3 is 2.90 bits per heavy atom. The predicted molar refractivity (Wildman–Crippen MR) is 85.3 cm³/mol. The third kappa shape index (κ3) is 3.10. The highest BCUT2D eigenvalue weighted by Crippen LogP contribution is 2.33. The van der Waals surface area contributed by atoms with Gasteiger partial charge in [-0.3, -0.25) is 0 Å². The standard InChI is InChI=1S/C17H22N2S/c1-12(2)18-10-16-11-20-17(19-16)15-8-7-13-5-3-4-6-14(13)9-15/h3-6,11-12,15,18H,7-10H2,1-2H3. The van der Waals surface area contributed by atoms with Gasteiger partial charge < -0.3 is 5.32 Å². The summed E-state index contributed by atoms with van der Waals surface area (Å²) in [6, 6.07) is 9.36. The molecular formula is C17H22N2S. The molecule has 1 aliphatic carbocycles. The molecule has 2 aromatic rings. The van der Waals surface area contributed by atoms with Gasteiger partial charge in [-0.25, -0.2) is 4.98 Å². The molecule has 0 fully saturated rings. The Morgan fingerprint density at radius 2 is 2.10 bits per heavy atom. The van der Waals surface area contributed by atoms with Crippen molar-refractivity contribution >= 4 is 11.3 Å². The van der Waals surface area contributed by atoms with Crippen LogP contribution in [0.3, 0.4) is 0 Å². The zero-order chi connectivity index (χ0) is 13.9. The molecule has 0 saturated heterocycles. The smallest absolute Gasteiger partial charge is 0.0963 e. The van der Waals surface area contributed by atoms with Crippen molar-refractivity contribution in [1.29, 1.82) is 0 Å². The van der Waals surface area contributed by atoms with Crippen LogP contribution in [-0.4, -0.2) is 11.0 Å². The van der Waals surface area contributed by atoms with E-state index < -0.39 is 0 Å². The first-order valence-corrected chi connectivity index (χ1v) is 8.35. The normalized spacial score (nSPS) is 18.2. The molecule has 106 valence electrons. The molecule has 1 heterocycles. The quantitative estimate of drug-likeness (QED) is 0.921. The molecule has 2 nitrogen and oxygen atoms in total. The summed E-state index contributed by atoms with van der Waals surface area (Å²) in [4.78, 5) is 4.83. The van der Waals surface area contributed by atoms with Crippen molar-refractivity contribution in [3.05, 3.63) is 51.5 Å². The third-order valence-electron chi connectivity index (χ3n) is 3.96. The second kappa shape index (κ2) is 6.06. The first-order chi connectivity index (χ1) is 9.72. The lowest BCUT2D eigenvalue weighted by Gasteiger charge is -2.22. The number of thiazole rings is 1. The van der Waals surface area contributed by atoms with Gasteiger partial charge in [0.15, 0.2) is 0 Å². The van der Waals surface area contributed by atoms with E-state index in [1.807, 2.05) is 11.3 Å². The molecule has 0 spiro atoms. The summed E-state index contributed by atoms with van der Waals surface area (Å²) in [5.74, 6) is 0.614. The molecule has 0 saturated carbocycles. The van der Waals surface area contributed by atoms with Crippen molar-refractivity contribution in [1.82, 2.24) is 10.3 Å². The van der Waals surface area contributed by atoms with Crippen LogP contribution in [0.25, 0.3) is 0 Å². The van der Waals surface area contributed by atoms with Crippen LogP contribution in [-0.2, 0) is 19.4 Å². The van der Waals surface area contributed by atoms with Crippen molar-refractivity contribution in [3.8, 4) is 0 Å². The fourth-order valence-electron chi connectivity index (χ4n) is 2.81. The molecule has 20 heavy (non-hydrogen) atoms. The van der Waals surface area contributed by atoms with Gasteiger partial charge in [0.1, 0.15) is 0 Å². The summed E-state index contributed by atoms with van der Waals surface area (Å²) >= 11 is 1.83. The molecule has 0 aliphatic heterocycles. The SMILES string of the molecule is CC(C)NCc1csc(C2CCc3ccccc3C2)n1. The Morgan fingerprint density at radius 1 is 1.30 bits per heavy atom. The molecule has 1 unspecified atom stereocenters. The molecule has 1 N–H and O–H groups in total. The maximum absolute atomic E-state index is 4.83. The van der Waals surface area contributed by atoms with Crippen LogP contribution < -0.4 is 5.32 Å². The average molecular weight is 286 g/mol. The van der Waals surface area contributed by atoms with Crippen LogP contribution >= 0.6 is 11.3 Å². The number of benzene rings is 1. The molecule has 0 amide bonds. The first-order valence-electron chi connectivity index (χ1n) is 7.47. The highest BCUT2D eigenvalue weighted by Gasteiger charge is 2.22. The van der Waals surface area contributed by atoms with Gasteiger partial charge in [0.05, 0.1) is 10.7 Å². The van der Waals surface area contributed by atoms with E-state index in [1.165, 1.54) is 34.7 Å². The summed E-state index contributed by atoms with van der Waals surface area (Å²) in [6.45, 7) is 5.23. The van der Waals surface area contributed by atoms with E-state index >= 15 is 0 Å². The number of fused-ring (bicyclic) bond motifs is 1. The van der Waals surface area contributed by atoms with Gasteiger partial charge in [0, 0.05) is 23.9 Å². The van der Waals surface area contributed by atoms with Crippen molar-refractivity contribution in [2.75, 3.05) is 0 Å². The Hall–Kier alpha value is -1.19. The van der Waals surface area contributed by atoms with Gasteiger partial charge in [-0.1, -0.05) is 38.1 Å². The van der Waals surface area contributed by atoms with E-state index in [-0.39, 0.29) is 0 Å². The highest BCUT2D eigenvalue weighted by atomic mass is 32.1. The zero-order valence-electron chi connectivity index (χ0n) is 12.2. The van der Waals surface area contributed by atoms with Crippen LogP contribution in [0, 0.1) is 0 Å². The van der Waals surface area contributed by atoms with Crippen LogP contribution in [0.15, 0.2) is 29.6 Å². The Labute approximate surface area is 125 Å². The lowest BCUT2D eigenvalue weighted by molar-refractivity contribution is 0.566. The predicted octanol–water partition coefficient (Wildman–Crippen LogP) is 3.91. The minimum atomic E-state index is 0.515. The maximum atomic E-state index is 4.83. The summed E-state index contributed by atoms with van der Waals surface area (Å²) in [5, 5.41) is 6.97. The third-order valence-corrected chi connectivity index (χ3v) is 5.01. The summed E-state index contributed by atoms with van der Waals surface area (Å²) < 4.78 is 0. The number of nitrogens with zero attached hydrogens (tertiary/aromatic N) is 1. The van der Waals surface area contributed by atoms with Gasteiger partial charge >= 0.3 is 0 Å². The van der Waals surface area contributed by atoms with Crippen molar-refractivity contribution in [2.24, 2.45) is 0 Å². The molecule has 1 aromatic carbocycles. The topological polar surface area (TPSA) is 24.9 Å². The molecule has 0 bridgehead atoms. The molecular weight excluding hydrogens is 264 g/mol. The second-order valence-electron chi connectivity index (χ2n) is 5.92. The van der Waals surface area contributed by atoms with Gasteiger partial charge in [0.2, 0.25) is 0 Å². The molecule has 1 atom stereocenters. The van der Waals surface area contributed by atoms with Gasteiger partial charge in [-0.2, -0.15) is 0 Å². The molecule has 1 aromatic heterocycles. The molecule has 3 heteroatoms. The zero-order valence-corrected chi connectivity index (χ0v) is 13.0. The number of hydrogen-bond acceptors (Lipinski definition) is 3. The lowest BCUT2D eigenvalue weighted by Crippen LogP contribution is -2.22. The van der Waals surface area contributed by atoms with Crippen molar-refractivity contribution in [3.63, 3.8) is 0 Å². The Bertz CT molecular complexity index is 574. The average Bonchev–Trinajstić information content (AvgIpc) is 2.93. The fraction of sp³-hybridized carbons (Fsp3) is 0.471. The highest BCUT2D eigenvalue weighted by molar-refractivity contribution is 7.09. The molecule has 3 rings (SSSR count). The number of rotatable bonds is 4. The number of hydrogen-bond donors (Lipinski definition) is 1. The van der Waals surface area contributed by atoms with Crippen LogP contribution in [0.5, 0.6) is 0 Å². The number of aromatic nitrogens is 1. The Kier molecular flexibility index (Phi) is 4.18. The van der Waals surface area contributed by atoms with Crippen molar-refractivity contribution < 1.29 is 0 Å². The monoisotopic (exact) mass is 286 g/mol. The van der Waals surface area contributed by atoms with E-state index in [2.05, 4.69) is 48.8 Å². The first kappa shape index (κ1) is 13.8. The van der Waals surface area contributed by atoms with E-state index in [9.17, 15) is 0 Å². The fourth-order valence-corrected chi connectivity index (χ4v) is 3.77. The van der Waals surface area contributed by atoms with Crippen LogP contribution in [0.1, 0.15) is 48.0 Å². The van der Waals surface area contributed by atoms with Gasteiger partial charge in [-0.15, -0.1) is 11.3 Å². The van der Waals surface area contributed by atoms with E-state index in [1.54, 1.807) is 0 Å². The summed E-state index contributed by atoms with van der Waals surface area (Å²) in [6.07, 6.45) is 3.59. The maximum Gasteiger partial charge on any atom is 0.0963 e. The van der Waals surface area contributed by atoms with Crippen molar-refractivity contribution in [2.45, 2.75) is 51.6 Å². The summed E-state index contributed by atoms with van der Waals surface area (Å²) in [5.41, 5.74) is 4.24. The van der Waals surface area contributed by atoms with Gasteiger partial charge in [0.25, 0.3) is 0 Å². The summed E-state index contributed by atoms with van der Waals surface area (Å²) in [7, 11) is 0. The van der Waals surface area contributed by atoms with Crippen LogP contribution in [0.4, 0.5) is 0 Å². The molecule has 1 aliphatic rings. The Balaban J connectivity index is 1.69. The largest absolute Gasteiger partial charge is 0.309 e. The lowest BCUT2D eigenvalue weighted by atomic mass is 9.84. The van der Waals surface area contributed by atoms with Crippen LogP contribution in [0.2, 0.25) is 0 Å². The number of nitrogens with one attached hydrogen (secondary N) is 1. The van der Waals surface area contributed by atoms with E-state index in [0.29, 0.717) is 12.0 Å². The van der Waals surface area contributed by atoms with Gasteiger partial charge in [-0.05, 0) is 30.4 Å². The van der Waals surface area contributed by atoms with E-state index in [4.69, 9.17) is 4.98 Å². The second-order valence-corrected chi connectivity index (χ2v) is 6.81. The van der Waals surface area contributed by atoms with E-state index in [0.717, 1.165) is 13.0 Å². The minimum Gasteiger partial charge on any atom is -0.309 e.